The van der Waals surface area contributed by atoms with Crippen molar-refractivity contribution >= 4 is 5.78 Å². The molecule has 1 aromatic rings. The lowest BCUT2D eigenvalue weighted by Gasteiger charge is -2.09. The summed E-state index contributed by atoms with van der Waals surface area (Å²) in [5, 5.41) is 0. The molecule has 0 saturated carbocycles. The number of hydrogen-bond donors (Lipinski definition) is 1. The van der Waals surface area contributed by atoms with Crippen LogP contribution < -0.4 is 5.73 Å². The van der Waals surface area contributed by atoms with Gasteiger partial charge >= 0.3 is 0 Å². The van der Waals surface area contributed by atoms with Gasteiger partial charge in [0.05, 0.1) is 6.04 Å². The van der Waals surface area contributed by atoms with Crippen molar-refractivity contribution in [3.05, 3.63) is 35.4 Å². The Morgan fingerprint density at radius 3 is 2.56 bits per heavy atom. The van der Waals surface area contributed by atoms with Crippen molar-refractivity contribution in [1.29, 1.82) is 0 Å². The fourth-order valence-electron chi connectivity index (χ4n) is 1.44. The maximum Gasteiger partial charge on any atom is 0.153 e. The van der Waals surface area contributed by atoms with E-state index in [0.717, 1.165) is 5.56 Å². The fourth-order valence-corrected chi connectivity index (χ4v) is 1.44. The van der Waals surface area contributed by atoms with Gasteiger partial charge < -0.3 is 10.5 Å². The zero-order valence-corrected chi connectivity index (χ0v) is 9.90. The molecular weight excluding hydrogens is 202 g/mol. The van der Waals surface area contributed by atoms with Crippen molar-refractivity contribution in [3.8, 4) is 0 Å². The van der Waals surface area contributed by atoms with Crippen LogP contribution in [0.5, 0.6) is 0 Å². The van der Waals surface area contributed by atoms with E-state index in [1.807, 2.05) is 31.2 Å². The molecule has 0 aromatic heterocycles. The van der Waals surface area contributed by atoms with Gasteiger partial charge in [0.15, 0.2) is 5.78 Å². The topological polar surface area (TPSA) is 52.3 Å². The molecule has 0 radical (unpaired) electrons. The van der Waals surface area contributed by atoms with E-state index in [-0.39, 0.29) is 5.78 Å². The van der Waals surface area contributed by atoms with E-state index >= 15 is 0 Å². The van der Waals surface area contributed by atoms with Gasteiger partial charge in [-0.25, -0.2) is 0 Å². The Morgan fingerprint density at radius 1 is 1.38 bits per heavy atom. The number of Topliss-reactive ketones (excluding diaryl/α,β-unsaturated/α-hetero) is 1. The zero-order valence-electron chi connectivity index (χ0n) is 9.90. The minimum atomic E-state index is -0.416. The van der Waals surface area contributed by atoms with Gasteiger partial charge in [-0.15, -0.1) is 0 Å². The van der Waals surface area contributed by atoms with Gasteiger partial charge in [0, 0.05) is 20.1 Å². The summed E-state index contributed by atoms with van der Waals surface area (Å²) in [5.41, 5.74) is 7.96. The molecule has 3 nitrogen and oxygen atoms in total. The molecule has 1 aromatic carbocycles. The summed E-state index contributed by atoms with van der Waals surface area (Å²) in [6, 6.07) is 7.53. The second-order valence-corrected chi connectivity index (χ2v) is 4.02. The van der Waals surface area contributed by atoms with Crippen LogP contribution in [0.4, 0.5) is 0 Å². The highest BCUT2D eigenvalue weighted by Gasteiger charge is 2.13. The lowest BCUT2D eigenvalue weighted by molar-refractivity contribution is -0.120. The van der Waals surface area contributed by atoms with Crippen LogP contribution in [0.3, 0.4) is 0 Å². The summed E-state index contributed by atoms with van der Waals surface area (Å²) < 4.78 is 4.90. The van der Waals surface area contributed by atoms with Crippen LogP contribution >= 0.6 is 0 Å². The maximum atomic E-state index is 11.7. The lowest BCUT2D eigenvalue weighted by Crippen LogP contribution is -2.32. The van der Waals surface area contributed by atoms with Crippen LogP contribution in [0.15, 0.2) is 24.3 Å². The molecule has 0 aliphatic carbocycles. The van der Waals surface area contributed by atoms with E-state index in [1.165, 1.54) is 5.56 Å². The molecule has 0 fully saturated rings. The number of carbonyl (C=O) groups excluding carboxylic acids is 1. The number of methoxy groups -OCH3 is 1. The monoisotopic (exact) mass is 221 g/mol. The first-order valence-corrected chi connectivity index (χ1v) is 5.46. The van der Waals surface area contributed by atoms with E-state index in [2.05, 4.69) is 0 Å². The number of ether oxygens (including phenoxy) is 1. The highest BCUT2D eigenvalue weighted by Crippen LogP contribution is 2.06. The van der Waals surface area contributed by atoms with Crippen LogP contribution in [-0.4, -0.2) is 25.5 Å². The van der Waals surface area contributed by atoms with Crippen LogP contribution in [0, 0.1) is 6.92 Å². The number of ketones is 1. The molecular formula is C13H19NO2. The number of nitrogens with two attached hydrogens (primary N) is 1. The molecule has 3 heteroatoms. The van der Waals surface area contributed by atoms with Crippen molar-refractivity contribution in [2.75, 3.05) is 13.7 Å². The van der Waals surface area contributed by atoms with Gasteiger partial charge in [0.1, 0.15) is 0 Å². The second-order valence-electron chi connectivity index (χ2n) is 4.02. The lowest BCUT2D eigenvalue weighted by atomic mass is 10.0. The first-order valence-electron chi connectivity index (χ1n) is 5.46. The summed E-state index contributed by atoms with van der Waals surface area (Å²) in [4.78, 5) is 11.7. The minimum absolute atomic E-state index is 0.0703. The van der Waals surface area contributed by atoms with Crippen molar-refractivity contribution < 1.29 is 9.53 Å². The SMILES string of the molecule is COCCC(N)C(=O)Cc1ccc(C)cc1. The number of aryl methyl sites for hydroxylation is 1. The fraction of sp³-hybridized carbons (Fsp3) is 0.462. The van der Waals surface area contributed by atoms with E-state index in [9.17, 15) is 4.79 Å². The van der Waals surface area contributed by atoms with E-state index < -0.39 is 6.04 Å². The number of hydrogen-bond acceptors (Lipinski definition) is 3. The molecule has 16 heavy (non-hydrogen) atoms. The highest BCUT2D eigenvalue weighted by atomic mass is 16.5. The molecule has 0 bridgehead atoms. The minimum Gasteiger partial charge on any atom is -0.385 e. The number of rotatable bonds is 6. The summed E-state index contributed by atoms with van der Waals surface area (Å²) in [6.45, 7) is 2.55. The number of benzene rings is 1. The molecule has 0 saturated heterocycles. The van der Waals surface area contributed by atoms with Gasteiger partial charge in [-0.2, -0.15) is 0 Å². The van der Waals surface area contributed by atoms with Gasteiger partial charge in [-0.3, -0.25) is 4.79 Å². The molecule has 1 rings (SSSR count). The Kier molecular flexibility index (Phi) is 5.15. The molecule has 1 atom stereocenters. The van der Waals surface area contributed by atoms with Crippen molar-refractivity contribution in [2.24, 2.45) is 5.73 Å². The maximum absolute atomic E-state index is 11.7. The first kappa shape index (κ1) is 12.9. The third-order valence-corrected chi connectivity index (χ3v) is 2.55. The quantitative estimate of drug-likeness (QED) is 0.791. The summed E-state index contributed by atoms with van der Waals surface area (Å²) in [5.74, 6) is 0.0703. The Hall–Kier alpha value is -1.19. The molecule has 0 aliphatic rings. The van der Waals surface area contributed by atoms with Gasteiger partial charge in [0.25, 0.3) is 0 Å². The van der Waals surface area contributed by atoms with Gasteiger partial charge in [-0.05, 0) is 18.9 Å². The molecule has 0 heterocycles. The third-order valence-electron chi connectivity index (χ3n) is 2.55. The smallest absolute Gasteiger partial charge is 0.153 e. The molecule has 1 unspecified atom stereocenters. The highest BCUT2D eigenvalue weighted by molar-refractivity contribution is 5.85. The van der Waals surface area contributed by atoms with Crippen molar-refractivity contribution in [1.82, 2.24) is 0 Å². The molecule has 88 valence electrons. The standard InChI is InChI=1S/C13H19NO2/c1-10-3-5-11(6-4-10)9-13(15)12(14)7-8-16-2/h3-6,12H,7-9,14H2,1-2H3. The van der Waals surface area contributed by atoms with E-state index in [4.69, 9.17) is 10.5 Å². The molecule has 2 N–H and O–H groups in total. The van der Waals surface area contributed by atoms with Crippen LogP contribution in [0.25, 0.3) is 0 Å². The summed E-state index contributed by atoms with van der Waals surface area (Å²) >= 11 is 0. The average Bonchev–Trinajstić information content (AvgIpc) is 2.29. The normalized spacial score (nSPS) is 12.4. The Balaban J connectivity index is 2.47. The Bertz CT molecular complexity index is 332. The largest absolute Gasteiger partial charge is 0.385 e. The van der Waals surface area contributed by atoms with Crippen molar-refractivity contribution in [3.63, 3.8) is 0 Å². The van der Waals surface area contributed by atoms with Gasteiger partial charge in [-0.1, -0.05) is 29.8 Å². The molecule has 0 aliphatic heterocycles. The second kappa shape index (κ2) is 6.40. The Labute approximate surface area is 96.6 Å². The van der Waals surface area contributed by atoms with Crippen molar-refractivity contribution in [2.45, 2.75) is 25.8 Å². The first-order chi connectivity index (χ1) is 7.63. The number of carbonyl (C=O) groups is 1. The summed E-state index contributed by atoms with van der Waals surface area (Å²) in [6.07, 6.45) is 0.992. The molecule has 0 amide bonds. The average molecular weight is 221 g/mol. The van der Waals surface area contributed by atoms with Crippen LogP contribution in [-0.2, 0) is 16.0 Å². The summed E-state index contributed by atoms with van der Waals surface area (Å²) in [7, 11) is 1.61. The predicted molar refractivity (Wildman–Crippen MR) is 64.4 cm³/mol. The van der Waals surface area contributed by atoms with Crippen LogP contribution in [0.2, 0.25) is 0 Å². The zero-order chi connectivity index (χ0) is 12.0. The van der Waals surface area contributed by atoms with Gasteiger partial charge in [0.2, 0.25) is 0 Å². The third kappa shape index (κ3) is 4.13. The molecule has 0 spiro atoms. The van der Waals surface area contributed by atoms with E-state index in [0.29, 0.717) is 19.4 Å². The van der Waals surface area contributed by atoms with Crippen LogP contribution in [0.1, 0.15) is 17.5 Å². The predicted octanol–water partition coefficient (Wildman–Crippen LogP) is 1.47. The van der Waals surface area contributed by atoms with E-state index in [1.54, 1.807) is 7.11 Å². The Morgan fingerprint density at radius 2 is 2.00 bits per heavy atom.